The molecule has 2 rings (SSSR count). The summed E-state index contributed by atoms with van der Waals surface area (Å²) in [4.78, 5) is 16.7. The standard InChI is InChI=1S/C15H28N2O2/c1-5-8-16-9-6-15(7-10-16)11-17(12(2)3)14(18)13(4)19-15/h12-13H,5-11H2,1-4H3/t13-/m1/s1. The number of carbonyl (C=O) groups excluding carboxylic acids is 1. The minimum Gasteiger partial charge on any atom is -0.360 e. The number of hydrogen-bond acceptors (Lipinski definition) is 3. The number of piperidine rings is 1. The second kappa shape index (κ2) is 5.80. The van der Waals surface area contributed by atoms with Crippen LogP contribution >= 0.6 is 0 Å². The van der Waals surface area contributed by atoms with Gasteiger partial charge in [-0.3, -0.25) is 4.79 Å². The molecule has 2 saturated heterocycles. The van der Waals surface area contributed by atoms with Gasteiger partial charge in [-0.2, -0.15) is 0 Å². The van der Waals surface area contributed by atoms with Gasteiger partial charge in [-0.25, -0.2) is 0 Å². The van der Waals surface area contributed by atoms with Gasteiger partial charge in [0, 0.05) is 19.1 Å². The lowest BCUT2D eigenvalue weighted by molar-refractivity contribution is -0.192. The third-order valence-corrected chi connectivity index (χ3v) is 4.45. The van der Waals surface area contributed by atoms with E-state index in [1.54, 1.807) is 0 Å². The number of ether oxygens (including phenoxy) is 1. The predicted molar refractivity (Wildman–Crippen MR) is 76.1 cm³/mol. The van der Waals surface area contributed by atoms with E-state index in [-0.39, 0.29) is 23.7 Å². The average molecular weight is 268 g/mol. The Hall–Kier alpha value is -0.610. The molecule has 2 aliphatic rings. The van der Waals surface area contributed by atoms with E-state index in [1.165, 1.54) is 13.0 Å². The Kier molecular flexibility index (Phi) is 4.51. The minimum absolute atomic E-state index is 0.0954. The number of hydrogen-bond donors (Lipinski definition) is 0. The fourth-order valence-corrected chi connectivity index (χ4v) is 3.30. The Morgan fingerprint density at radius 1 is 1.37 bits per heavy atom. The van der Waals surface area contributed by atoms with Crippen LogP contribution in [0.4, 0.5) is 0 Å². The molecule has 2 fully saturated rings. The molecular formula is C15H28N2O2. The van der Waals surface area contributed by atoms with Crippen molar-refractivity contribution in [1.82, 2.24) is 9.80 Å². The van der Waals surface area contributed by atoms with Crippen LogP contribution in [0.1, 0.15) is 47.0 Å². The smallest absolute Gasteiger partial charge is 0.251 e. The zero-order valence-corrected chi connectivity index (χ0v) is 12.8. The van der Waals surface area contributed by atoms with Gasteiger partial charge >= 0.3 is 0 Å². The Morgan fingerprint density at radius 2 is 2.00 bits per heavy atom. The van der Waals surface area contributed by atoms with Crippen LogP contribution in [0.25, 0.3) is 0 Å². The van der Waals surface area contributed by atoms with E-state index in [1.807, 2.05) is 11.8 Å². The molecule has 1 amide bonds. The lowest BCUT2D eigenvalue weighted by Gasteiger charge is -2.50. The second-order valence-electron chi connectivity index (χ2n) is 6.34. The summed E-state index contributed by atoms with van der Waals surface area (Å²) in [5.41, 5.74) is -0.0954. The first-order chi connectivity index (χ1) is 8.97. The highest BCUT2D eigenvalue weighted by molar-refractivity contribution is 5.81. The molecule has 2 heterocycles. The fourth-order valence-electron chi connectivity index (χ4n) is 3.30. The van der Waals surface area contributed by atoms with E-state index in [4.69, 9.17) is 4.74 Å². The molecule has 1 atom stereocenters. The van der Waals surface area contributed by atoms with Gasteiger partial charge in [0.05, 0.1) is 12.1 Å². The first-order valence-electron chi connectivity index (χ1n) is 7.68. The summed E-state index contributed by atoms with van der Waals surface area (Å²) in [6.07, 6.45) is 3.02. The van der Waals surface area contributed by atoms with Crippen molar-refractivity contribution in [2.45, 2.75) is 64.7 Å². The maximum absolute atomic E-state index is 12.2. The largest absolute Gasteiger partial charge is 0.360 e. The Bertz CT molecular complexity index is 322. The molecule has 1 spiro atoms. The third-order valence-electron chi connectivity index (χ3n) is 4.45. The highest BCUT2D eigenvalue weighted by atomic mass is 16.5. The van der Waals surface area contributed by atoms with Crippen LogP contribution in [0.2, 0.25) is 0 Å². The quantitative estimate of drug-likeness (QED) is 0.783. The van der Waals surface area contributed by atoms with Gasteiger partial charge in [-0.05, 0) is 46.6 Å². The van der Waals surface area contributed by atoms with Gasteiger partial charge in [-0.15, -0.1) is 0 Å². The lowest BCUT2D eigenvalue weighted by atomic mass is 9.88. The molecule has 0 N–H and O–H groups in total. The van der Waals surface area contributed by atoms with E-state index < -0.39 is 0 Å². The van der Waals surface area contributed by atoms with Crippen molar-refractivity contribution in [2.75, 3.05) is 26.2 Å². The number of amides is 1. The Balaban J connectivity index is 2.02. The highest BCUT2D eigenvalue weighted by Crippen LogP contribution is 2.33. The molecule has 4 heteroatoms. The van der Waals surface area contributed by atoms with Crippen LogP contribution in [-0.2, 0) is 9.53 Å². The van der Waals surface area contributed by atoms with Crippen molar-refractivity contribution in [3.63, 3.8) is 0 Å². The number of likely N-dealkylation sites (tertiary alicyclic amines) is 1. The van der Waals surface area contributed by atoms with E-state index in [0.29, 0.717) is 0 Å². The predicted octanol–water partition coefficient (Wildman–Crippen LogP) is 1.89. The average Bonchev–Trinajstić information content (AvgIpc) is 2.37. The zero-order valence-electron chi connectivity index (χ0n) is 12.8. The molecule has 4 nitrogen and oxygen atoms in total. The SMILES string of the molecule is CCCN1CCC2(CC1)CN(C(C)C)C(=O)[C@@H](C)O2. The molecule has 0 bridgehead atoms. The Morgan fingerprint density at radius 3 is 2.53 bits per heavy atom. The van der Waals surface area contributed by atoms with Crippen LogP contribution in [0.15, 0.2) is 0 Å². The van der Waals surface area contributed by atoms with E-state index in [0.717, 1.165) is 32.5 Å². The molecule has 110 valence electrons. The van der Waals surface area contributed by atoms with Crippen molar-refractivity contribution in [3.05, 3.63) is 0 Å². The van der Waals surface area contributed by atoms with E-state index >= 15 is 0 Å². The molecule has 0 aromatic carbocycles. The van der Waals surface area contributed by atoms with Crippen molar-refractivity contribution in [1.29, 1.82) is 0 Å². The van der Waals surface area contributed by atoms with Crippen LogP contribution in [0.5, 0.6) is 0 Å². The van der Waals surface area contributed by atoms with Crippen LogP contribution in [0, 0.1) is 0 Å². The van der Waals surface area contributed by atoms with Crippen molar-refractivity contribution >= 4 is 5.91 Å². The summed E-state index contributed by atoms with van der Waals surface area (Å²) in [5, 5.41) is 0. The first kappa shape index (κ1) is 14.8. The number of morpholine rings is 1. The normalized spacial score (nSPS) is 28.4. The van der Waals surface area contributed by atoms with Gasteiger partial charge in [0.2, 0.25) is 0 Å². The highest BCUT2D eigenvalue weighted by Gasteiger charge is 2.45. The summed E-state index contributed by atoms with van der Waals surface area (Å²) in [5.74, 6) is 0.150. The summed E-state index contributed by atoms with van der Waals surface area (Å²) < 4.78 is 6.12. The maximum Gasteiger partial charge on any atom is 0.251 e. The van der Waals surface area contributed by atoms with Gasteiger partial charge in [-0.1, -0.05) is 6.92 Å². The Labute approximate surface area is 117 Å². The second-order valence-corrected chi connectivity index (χ2v) is 6.34. The molecule has 0 aliphatic carbocycles. The number of carbonyl (C=O) groups is 1. The van der Waals surface area contributed by atoms with Crippen molar-refractivity contribution in [2.24, 2.45) is 0 Å². The summed E-state index contributed by atoms with van der Waals surface area (Å²) in [6.45, 7) is 12.5. The topological polar surface area (TPSA) is 32.8 Å². The fraction of sp³-hybridized carbons (Fsp3) is 0.933. The van der Waals surface area contributed by atoms with Gasteiger partial charge in [0.15, 0.2) is 0 Å². The zero-order chi connectivity index (χ0) is 14.0. The lowest BCUT2D eigenvalue weighted by Crippen LogP contribution is -2.62. The molecule has 19 heavy (non-hydrogen) atoms. The molecule has 0 aromatic rings. The monoisotopic (exact) mass is 268 g/mol. The van der Waals surface area contributed by atoms with Crippen molar-refractivity contribution in [3.8, 4) is 0 Å². The molecule has 0 unspecified atom stereocenters. The summed E-state index contributed by atoms with van der Waals surface area (Å²) in [6, 6.07) is 0.268. The molecule has 0 saturated carbocycles. The molecule has 0 aromatic heterocycles. The van der Waals surface area contributed by atoms with Gasteiger partial charge in [0.25, 0.3) is 5.91 Å². The first-order valence-corrected chi connectivity index (χ1v) is 7.68. The molecule has 0 radical (unpaired) electrons. The maximum atomic E-state index is 12.2. The van der Waals surface area contributed by atoms with E-state index in [9.17, 15) is 4.79 Å². The molecular weight excluding hydrogens is 240 g/mol. The van der Waals surface area contributed by atoms with Gasteiger partial charge < -0.3 is 14.5 Å². The minimum atomic E-state index is -0.283. The van der Waals surface area contributed by atoms with Crippen LogP contribution in [-0.4, -0.2) is 59.6 Å². The third kappa shape index (κ3) is 3.11. The number of rotatable bonds is 3. The van der Waals surface area contributed by atoms with Crippen LogP contribution < -0.4 is 0 Å². The molecule has 2 aliphatic heterocycles. The van der Waals surface area contributed by atoms with Crippen molar-refractivity contribution < 1.29 is 9.53 Å². The van der Waals surface area contributed by atoms with Gasteiger partial charge in [0.1, 0.15) is 6.10 Å². The van der Waals surface area contributed by atoms with Crippen LogP contribution in [0.3, 0.4) is 0 Å². The summed E-state index contributed by atoms with van der Waals surface area (Å²) >= 11 is 0. The van der Waals surface area contributed by atoms with E-state index in [2.05, 4.69) is 25.7 Å². The number of nitrogens with zero attached hydrogens (tertiary/aromatic N) is 2. The summed E-state index contributed by atoms with van der Waals surface area (Å²) in [7, 11) is 0.